The third-order valence-corrected chi connectivity index (χ3v) is 4.56. The minimum atomic E-state index is -0.171. The minimum absolute atomic E-state index is 0.171. The smallest absolute Gasteiger partial charge is 0.263 e. The third kappa shape index (κ3) is 2.81. The number of benzene rings is 1. The number of carbonyl (C=O) groups excluding carboxylic acids is 1. The summed E-state index contributed by atoms with van der Waals surface area (Å²) in [7, 11) is 0. The molecule has 1 aromatic carbocycles. The van der Waals surface area contributed by atoms with E-state index in [0.29, 0.717) is 12.8 Å². The topological polar surface area (TPSA) is 42.3 Å². The molecule has 0 atom stereocenters. The molecule has 3 rings (SSSR count). The quantitative estimate of drug-likeness (QED) is 0.815. The zero-order valence-corrected chi connectivity index (χ0v) is 13.7. The Morgan fingerprint density at radius 3 is 2.65 bits per heavy atom. The van der Waals surface area contributed by atoms with Crippen molar-refractivity contribution in [2.75, 3.05) is 11.4 Å². The number of anilines is 1. The molecule has 0 saturated heterocycles. The molecule has 0 spiro atoms. The number of aryl methyl sites for hydroxylation is 1. The molecule has 1 aromatic heterocycles. The Kier molecular flexibility index (Phi) is 4.33. The number of carbonyl (C=O) groups is 1. The van der Waals surface area contributed by atoms with Gasteiger partial charge in [0, 0.05) is 25.3 Å². The van der Waals surface area contributed by atoms with E-state index < -0.39 is 0 Å². The van der Waals surface area contributed by atoms with E-state index in [9.17, 15) is 9.59 Å². The SMILES string of the molecule is CCCn1c(C)cc(N2CCc3ccccc3C2)c(C=O)c1=O. The molecule has 4 nitrogen and oxygen atoms in total. The van der Waals surface area contributed by atoms with Crippen molar-refractivity contribution in [1.82, 2.24) is 4.57 Å². The Morgan fingerprint density at radius 1 is 1.22 bits per heavy atom. The van der Waals surface area contributed by atoms with E-state index in [2.05, 4.69) is 23.1 Å². The maximum atomic E-state index is 12.6. The van der Waals surface area contributed by atoms with Gasteiger partial charge in [-0.05, 0) is 37.0 Å². The lowest BCUT2D eigenvalue weighted by Gasteiger charge is -2.32. The van der Waals surface area contributed by atoms with Gasteiger partial charge in [-0.3, -0.25) is 9.59 Å². The van der Waals surface area contributed by atoms with E-state index in [1.54, 1.807) is 4.57 Å². The molecule has 0 aliphatic carbocycles. The number of fused-ring (bicyclic) bond motifs is 1. The lowest BCUT2D eigenvalue weighted by molar-refractivity contribution is 0.112. The second-order valence-corrected chi connectivity index (χ2v) is 6.10. The second kappa shape index (κ2) is 6.41. The molecule has 1 aliphatic rings. The highest BCUT2D eigenvalue weighted by atomic mass is 16.1. The summed E-state index contributed by atoms with van der Waals surface area (Å²) in [5, 5.41) is 0. The highest BCUT2D eigenvalue weighted by molar-refractivity contribution is 5.84. The molecule has 1 aliphatic heterocycles. The van der Waals surface area contributed by atoms with Gasteiger partial charge < -0.3 is 9.47 Å². The molecule has 0 saturated carbocycles. The van der Waals surface area contributed by atoms with Crippen molar-refractivity contribution in [1.29, 1.82) is 0 Å². The Labute approximate surface area is 136 Å². The minimum Gasteiger partial charge on any atom is -0.366 e. The Hall–Kier alpha value is -2.36. The molecule has 0 N–H and O–H groups in total. The third-order valence-electron chi connectivity index (χ3n) is 4.56. The van der Waals surface area contributed by atoms with E-state index in [0.717, 1.165) is 37.3 Å². The van der Waals surface area contributed by atoms with Crippen molar-refractivity contribution in [3.05, 3.63) is 63.1 Å². The summed E-state index contributed by atoms with van der Waals surface area (Å²) in [6, 6.07) is 10.3. The summed E-state index contributed by atoms with van der Waals surface area (Å²) >= 11 is 0. The van der Waals surface area contributed by atoms with Gasteiger partial charge in [0.2, 0.25) is 0 Å². The van der Waals surface area contributed by atoms with Gasteiger partial charge in [0.25, 0.3) is 5.56 Å². The van der Waals surface area contributed by atoms with Crippen LogP contribution in [-0.2, 0) is 19.5 Å². The van der Waals surface area contributed by atoms with Crippen LogP contribution in [0.4, 0.5) is 5.69 Å². The highest BCUT2D eigenvalue weighted by Gasteiger charge is 2.21. The van der Waals surface area contributed by atoms with Crippen LogP contribution in [0.5, 0.6) is 0 Å². The van der Waals surface area contributed by atoms with Gasteiger partial charge in [-0.25, -0.2) is 0 Å². The Bertz CT molecular complexity index is 792. The average Bonchev–Trinajstić information content (AvgIpc) is 2.57. The van der Waals surface area contributed by atoms with Crippen molar-refractivity contribution >= 4 is 12.0 Å². The molecule has 0 amide bonds. The molecule has 2 aromatic rings. The molecule has 23 heavy (non-hydrogen) atoms. The first kappa shape index (κ1) is 15.5. The normalized spacial score (nSPS) is 13.7. The Morgan fingerprint density at radius 2 is 1.96 bits per heavy atom. The number of nitrogens with zero attached hydrogens (tertiary/aromatic N) is 2. The summed E-state index contributed by atoms with van der Waals surface area (Å²) in [5.74, 6) is 0. The van der Waals surface area contributed by atoms with E-state index in [-0.39, 0.29) is 11.1 Å². The van der Waals surface area contributed by atoms with Crippen LogP contribution in [0.2, 0.25) is 0 Å². The van der Waals surface area contributed by atoms with Crippen molar-refractivity contribution in [2.45, 2.75) is 39.8 Å². The van der Waals surface area contributed by atoms with E-state index >= 15 is 0 Å². The van der Waals surface area contributed by atoms with Gasteiger partial charge >= 0.3 is 0 Å². The van der Waals surface area contributed by atoms with Crippen LogP contribution >= 0.6 is 0 Å². The number of aldehydes is 1. The number of hydrogen-bond donors (Lipinski definition) is 0. The van der Waals surface area contributed by atoms with E-state index in [1.807, 2.05) is 26.0 Å². The maximum absolute atomic E-state index is 12.6. The molecule has 0 radical (unpaired) electrons. The van der Waals surface area contributed by atoms with Crippen LogP contribution in [0.1, 0.15) is 40.5 Å². The fourth-order valence-corrected chi connectivity index (χ4v) is 3.34. The Balaban J connectivity index is 2.04. The monoisotopic (exact) mass is 310 g/mol. The molecule has 120 valence electrons. The summed E-state index contributed by atoms with van der Waals surface area (Å²) in [6.45, 7) is 6.19. The maximum Gasteiger partial charge on any atom is 0.263 e. The van der Waals surface area contributed by atoms with Gasteiger partial charge in [-0.2, -0.15) is 0 Å². The summed E-state index contributed by atoms with van der Waals surface area (Å²) in [5.41, 5.74) is 4.42. The first-order valence-electron chi connectivity index (χ1n) is 8.17. The van der Waals surface area contributed by atoms with Crippen LogP contribution in [0.15, 0.2) is 35.1 Å². The summed E-state index contributed by atoms with van der Waals surface area (Å²) in [6.07, 6.45) is 2.52. The average molecular weight is 310 g/mol. The molecule has 4 heteroatoms. The van der Waals surface area contributed by atoms with Crippen molar-refractivity contribution in [3.8, 4) is 0 Å². The van der Waals surface area contributed by atoms with Gasteiger partial charge in [0.15, 0.2) is 6.29 Å². The predicted octanol–water partition coefficient (Wildman–Crippen LogP) is 2.94. The number of rotatable bonds is 4. The molecular formula is C19H22N2O2. The number of pyridine rings is 1. The van der Waals surface area contributed by atoms with Crippen molar-refractivity contribution < 1.29 is 4.79 Å². The molecule has 2 heterocycles. The van der Waals surface area contributed by atoms with Crippen LogP contribution < -0.4 is 10.5 Å². The van der Waals surface area contributed by atoms with E-state index in [1.165, 1.54) is 11.1 Å². The zero-order chi connectivity index (χ0) is 16.4. The fraction of sp³-hybridized carbons (Fsp3) is 0.368. The number of aromatic nitrogens is 1. The summed E-state index contributed by atoms with van der Waals surface area (Å²) in [4.78, 5) is 26.3. The van der Waals surface area contributed by atoms with Crippen LogP contribution in [-0.4, -0.2) is 17.4 Å². The van der Waals surface area contributed by atoms with Gasteiger partial charge in [-0.1, -0.05) is 31.2 Å². The van der Waals surface area contributed by atoms with Crippen LogP contribution in [0, 0.1) is 6.92 Å². The number of hydrogen-bond acceptors (Lipinski definition) is 3. The highest BCUT2D eigenvalue weighted by Crippen LogP contribution is 2.26. The van der Waals surface area contributed by atoms with Gasteiger partial charge in [0.05, 0.1) is 5.69 Å². The fourth-order valence-electron chi connectivity index (χ4n) is 3.34. The zero-order valence-electron chi connectivity index (χ0n) is 13.7. The second-order valence-electron chi connectivity index (χ2n) is 6.10. The van der Waals surface area contributed by atoms with Crippen molar-refractivity contribution in [2.24, 2.45) is 0 Å². The molecule has 0 bridgehead atoms. The largest absolute Gasteiger partial charge is 0.366 e. The predicted molar refractivity (Wildman–Crippen MR) is 92.3 cm³/mol. The first-order valence-corrected chi connectivity index (χ1v) is 8.17. The summed E-state index contributed by atoms with van der Waals surface area (Å²) < 4.78 is 1.70. The van der Waals surface area contributed by atoms with Crippen LogP contribution in [0.25, 0.3) is 0 Å². The van der Waals surface area contributed by atoms with Crippen LogP contribution in [0.3, 0.4) is 0 Å². The first-order chi connectivity index (χ1) is 11.2. The molecule has 0 fully saturated rings. The lowest BCUT2D eigenvalue weighted by Crippen LogP contribution is -2.35. The van der Waals surface area contributed by atoms with Gasteiger partial charge in [0.1, 0.15) is 5.56 Å². The van der Waals surface area contributed by atoms with E-state index in [4.69, 9.17) is 0 Å². The molecule has 0 unspecified atom stereocenters. The lowest BCUT2D eigenvalue weighted by atomic mass is 9.99. The van der Waals surface area contributed by atoms with Crippen molar-refractivity contribution in [3.63, 3.8) is 0 Å². The van der Waals surface area contributed by atoms with Gasteiger partial charge in [-0.15, -0.1) is 0 Å². The standard InChI is InChI=1S/C19H22N2O2/c1-3-9-21-14(2)11-18(17(13-22)19(21)23)20-10-8-15-6-4-5-7-16(15)12-20/h4-7,11,13H,3,8-10,12H2,1-2H3. The molecular weight excluding hydrogens is 288 g/mol.